The van der Waals surface area contributed by atoms with Crippen LogP contribution in [-0.4, -0.2) is 35.2 Å². The average molecular weight is 484 g/mol. The third-order valence-electron chi connectivity index (χ3n) is 5.03. The number of ether oxygens (including phenoxy) is 2. The van der Waals surface area contributed by atoms with Crippen LogP contribution in [0.4, 0.5) is 5.69 Å². The van der Waals surface area contributed by atoms with Gasteiger partial charge in [0.1, 0.15) is 5.75 Å². The zero-order valence-corrected chi connectivity index (χ0v) is 19.7. The van der Waals surface area contributed by atoms with Crippen molar-refractivity contribution in [1.29, 1.82) is 0 Å². The van der Waals surface area contributed by atoms with Gasteiger partial charge in [0.15, 0.2) is 11.8 Å². The van der Waals surface area contributed by atoms with E-state index in [1.807, 2.05) is 35.6 Å². The second-order valence-corrected chi connectivity index (χ2v) is 8.49. The van der Waals surface area contributed by atoms with Gasteiger partial charge in [-0.25, -0.2) is 9.79 Å². The van der Waals surface area contributed by atoms with Gasteiger partial charge < -0.3 is 19.7 Å². The van der Waals surface area contributed by atoms with Gasteiger partial charge in [-0.1, -0.05) is 47.6 Å². The van der Waals surface area contributed by atoms with E-state index in [4.69, 9.17) is 21.1 Å². The van der Waals surface area contributed by atoms with Gasteiger partial charge in [-0.3, -0.25) is 4.79 Å². The maximum Gasteiger partial charge on any atom is 0.338 e. The van der Waals surface area contributed by atoms with Crippen molar-refractivity contribution in [3.05, 3.63) is 82.0 Å². The third kappa shape index (κ3) is 5.07. The van der Waals surface area contributed by atoms with Crippen LogP contribution in [0.3, 0.4) is 0 Å². The van der Waals surface area contributed by atoms with Crippen molar-refractivity contribution in [3.63, 3.8) is 0 Å². The number of carbonyl (C=O) groups excluding carboxylic acids is 2. The Balaban J connectivity index is 1.48. The highest BCUT2D eigenvalue weighted by atomic mass is 35.5. The number of benzene rings is 2. The minimum absolute atomic E-state index is 0.163. The Morgan fingerprint density at radius 1 is 1.18 bits per heavy atom. The molecule has 0 saturated carbocycles. The van der Waals surface area contributed by atoms with E-state index >= 15 is 0 Å². The summed E-state index contributed by atoms with van der Waals surface area (Å²) >= 11 is 7.57. The summed E-state index contributed by atoms with van der Waals surface area (Å²) in [6, 6.07) is 13.9. The maximum absolute atomic E-state index is 12.7. The molecule has 1 N–H and O–H groups in total. The molecule has 0 radical (unpaired) electrons. The molecule has 0 fully saturated rings. The predicted octanol–water partition coefficient (Wildman–Crippen LogP) is 5.13. The first-order chi connectivity index (χ1) is 16.0. The van der Waals surface area contributed by atoms with Crippen LogP contribution in [-0.2, 0) is 14.3 Å². The SMILES string of the molecule is CCOC(=O)C1=C(C)N=C2SC=CN2[C@H]1c1ccc(OCC(=O)Nc2ccccc2Cl)cc1. The molecule has 1 amide bonds. The minimum Gasteiger partial charge on any atom is -0.484 e. The lowest BCUT2D eigenvalue weighted by Crippen LogP contribution is -2.34. The molecule has 0 bridgehead atoms. The molecule has 0 unspecified atom stereocenters. The molecule has 2 aromatic carbocycles. The molecular formula is C24H22ClN3O4S. The quantitative estimate of drug-likeness (QED) is 0.550. The number of hydrogen-bond donors (Lipinski definition) is 1. The largest absolute Gasteiger partial charge is 0.484 e. The lowest BCUT2D eigenvalue weighted by molar-refractivity contribution is -0.139. The number of esters is 1. The van der Waals surface area contributed by atoms with Crippen LogP contribution in [0.15, 0.2) is 76.4 Å². The number of amides is 1. The highest BCUT2D eigenvalue weighted by molar-refractivity contribution is 8.16. The predicted molar refractivity (Wildman–Crippen MR) is 130 cm³/mol. The lowest BCUT2D eigenvalue weighted by atomic mass is 9.95. The molecule has 2 aliphatic rings. The summed E-state index contributed by atoms with van der Waals surface area (Å²) in [6.07, 6.45) is 1.91. The van der Waals surface area contributed by atoms with Gasteiger partial charge in [0.05, 0.1) is 34.6 Å². The van der Waals surface area contributed by atoms with Crippen LogP contribution in [0.1, 0.15) is 25.5 Å². The van der Waals surface area contributed by atoms with Crippen molar-refractivity contribution >= 4 is 46.1 Å². The van der Waals surface area contributed by atoms with E-state index in [0.29, 0.717) is 27.7 Å². The van der Waals surface area contributed by atoms with Crippen molar-refractivity contribution in [2.24, 2.45) is 4.99 Å². The van der Waals surface area contributed by atoms with Crippen LogP contribution in [0.25, 0.3) is 0 Å². The van der Waals surface area contributed by atoms with Crippen molar-refractivity contribution < 1.29 is 19.1 Å². The number of amidine groups is 1. The smallest absolute Gasteiger partial charge is 0.338 e. The molecule has 0 aromatic heterocycles. The maximum atomic E-state index is 12.7. The number of anilines is 1. The second-order valence-electron chi connectivity index (χ2n) is 7.21. The number of hydrogen-bond acceptors (Lipinski definition) is 7. The lowest BCUT2D eigenvalue weighted by Gasteiger charge is -2.33. The first kappa shape index (κ1) is 22.9. The number of nitrogens with one attached hydrogen (secondary N) is 1. The molecule has 0 aliphatic carbocycles. The van der Waals surface area contributed by atoms with E-state index < -0.39 is 0 Å². The molecule has 2 aromatic rings. The third-order valence-corrected chi connectivity index (χ3v) is 6.13. The Kier molecular flexibility index (Phi) is 7.05. The van der Waals surface area contributed by atoms with Gasteiger partial charge in [0.25, 0.3) is 5.91 Å². The molecule has 0 spiro atoms. The van der Waals surface area contributed by atoms with Gasteiger partial charge in [-0.2, -0.15) is 0 Å². The molecule has 2 heterocycles. The molecule has 9 heteroatoms. The van der Waals surface area contributed by atoms with Crippen molar-refractivity contribution in [2.75, 3.05) is 18.5 Å². The summed E-state index contributed by atoms with van der Waals surface area (Å²) in [4.78, 5) is 31.4. The van der Waals surface area contributed by atoms with Crippen LogP contribution < -0.4 is 10.1 Å². The fraction of sp³-hybridized carbons (Fsp3) is 0.208. The average Bonchev–Trinajstić information content (AvgIpc) is 3.27. The second kappa shape index (κ2) is 10.1. The first-order valence-electron chi connectivity index (χ1n) is 10.3. The topological polar surface area (TPSA) is 80.2 Å². The van der Waals surface area contributed by atoms with E-state index in [9.17, 15) is 9.59 Å². The molecule has 7 nitrogen and oxygen atoms in total. The Hall–Kier alpha value is -3.23. The van der Waals surface area contributed by atoms with Gasteiger partial charge in [0.2, 0.25) is 0 Å². The van der Waals surface area contributed by atoms with Crippen LogP contribution in [0, 0.1) is 0 Å². The van der Waals surface area contributed by atoms with Crippen molar-refractivity contribution in [2.45, 2.75) is 19.9 Å². The fourth-order valence-electron chi connectivity index (χ4n) is 3.54. The Morgan fingerprint density at radius 2 is 1.94 bits per heavy atom. The van der Waals surface area contributed by atoms with Gasteiger partial charge >= 0.3 is 5.97 Å². The summed E-state index contributed by atoms with van der Waals surface area (Å²) in [6.45, 7) is 3.72. The number of halogens is 1. The number of thioether (sulfide) groups is 1. The Bertz CT molecular complexity index is 1160. The van der Waals surface area contributed by atoms with Crippen LogP contribution in [0.2, 0.25) is 5.02 Å². The number of rotatable bonds is 7. The highest BCUT2D eigenvalue weighted by Crippen LogP contribution is 2.41. The zero-order valence-electron chi connectivity index (χ0n) is 18.1. The van der Waals surface area contributed by atoms with Gasteiger partial charge in [-0.15, -0.1) is 0 Å². The molecular weight excluding hydrogens is 462 g/mol. The number of nitrogens with zero attached hydrogens (tertiary/aromatic N) is 2. The summed E-state index contributed by atoms with van der Waals surface area (Å²) in [5.74, 6) is -0.171. The number of para-hydroxylation sites is 1. The van der Waals surface area contributed by atoms with Gasteiger partial charge in [-0.05, 0) is 49.1 Å². The summed E-state index contributed by atoms with van der Waals surface area (Å²) in [7, 11) is 0. The first-order valence-corrected chi connectivity index (χ1v) is 11.6. The van der Waals surface area contributed by atoms with E-state index in [2.05, 4.69) is 10.3 Å². The molecule has 0 saturated heterocycles. The van der Waals surface area contributed by atoms with Crippen LogP contribution in [0.5, 0.6) is 5.75 Å². The standard InChI is InChI=1S/C24H22ClN3O4S/c1-3-31-23(30)21-15(2)26-24-28(12-13-33-24)22(21)16-8-10-17(11-9-16)32-14-20(29)27-19-7-5-4-6-18(19)25/h4-13,22H,3,14H2,1-2H3,(H,27,29)/t22-/m0/s1. The molecule has 170 valence electrons. The number of aliphatic imine (C=N–C) groups is 1. The monoisotopic (exact) mass is 483 g/mol. The normalized spacial score (nSPS) is 16.9. The van der Waals surface area contributed by atoms with E-state index in [-0.39, 0.29) is 31.1 Å². The van der Waals surface area contributed by atoms with Gasteiger partial charge in [0, 0.05) is 6.20 Å². The van der Waals surface area contributed by atoms with E-state index in [0.717, 1.165) is 10.7 Å². The minimum atomic E-state index is -0.385. The fourth-order valence-corrected chi connectivity index (χ4v) is 4.52. The summed E-state index contributed by atoms with van der Waals surface area (Å²) < 4.78 is 10.9. The number of carbonyl (C=O) groups is 2. The van der Waals surface area contributed by atoms with Crippen molar-refractivity contribution in [3.8, 4) is 5.75 Å². The van der Waals surface area contributed by atoms with Crippen LogP contribution >= 0.6 is 23.4 Å². The van der Waals surface area contributed by atoms with E-state index in [1.165, 1.54) is 11.8 Å². The number of fused-ring (bicyclic) bond motifs is 1. The Morgan fingerprint density at radius 3 is 2.67 bits per heavy atom. The zero-order chi connectivity index (χ0) is 23.4. The highest BCUT2D eigenvalue weighted by Gasteiger charge is 2.37. The summed E-state index contributed by atoms with van der Waals surface area (Å²) in [5.41, 5.74) is 2.55. The molecule has 2 aliphatic heterocycles. The summed E-state index contributed by atoms with van der Waals surface area (Å²) in [5, 5.41) is 5.92. The molecule has 4 rings (SSSR count). The van der Waals surface area contributed by atoms with Crippen molar-refractivity contribution in [1.82, 2.24) is 4.90 Å². The molecule has 33 heavy (non-hydrogen) atoms. The van der Waals surface area contributed by atoms with E-state index in [1.54, 1.807) is 43.3 Å². The molecule has 1 atom stereocenters. The Labute approximate surface area is 201 Å². The number of allylic oxidation sites excluding steroid dienone is 1.